The molecule has 1 fully saturated rings. The summed E-state index contributed by atoms with van der Waals surface area (Å²) in [5.74, 6) is 0.312. The molecule has 1 aromatic carbocycles. The molecule has 28 heavy (non-hydrogen) atoms. The van der Waals surface area contributed by atoms with Gasteiger partial charge in [-0.2, -0.15) is 5.10 Å². The number of rotatable bonds is 3. The molecule has 4 heterocycles. The van der Waals surface area contributed by atoms with Gasteiger partial charge in [-0.15, -0.1) is 0 Å². The molecular weight excluding hydrogens is 359 g/mol. The number of benzene rings is 1. The van der Waals surface area contributed by atoms with Crippen LogP contribution < -0.4 is 0 Å². The number of hydrogen-bond acceptors (Lipinski definition) is 3. The molecule has 0 atom stereocenters. The number of hydrogen-bond donors (Lipinski definition) is 0. The molecule has 0 saturated carbocycles. The highest BCUT2D eigenvalue weighted by atomic mass is 19.1. The SMILES string of the molecule is O=C(c1ccn(-c2ccc3ccc(-c4ccc(F)cc4)cn23)n1)N1CCCO1. The fourth-order valence-electron chi connectivity index (χ4n) is 3.39. The monoisotopic (exact) mass is 376 g/mol. The van der Waals surface area contributed by atoms with Crippen LogP contribution in [0.3, 0.4) is 0 Å². The minimum atomic E-state index is -0.262. The van der Waals surface area contributed by atoms with Gasteiger partial charge in [0.2, 0.25) is 0 Å². The molecular formula is C21H17FN4O2. The molecule has 1 aliphatic heterocycles. The van der Waals surface area contributed by atoms with Gasteiger partial charge in [-0.05, 0) is 53.9 Å². The van der Waals surface area contributed by atoms with E-state index in [1.807, 2.05) is 34.9 Å². The molecule has 0 bridgehead atoms. The predicted octanol–water partition coefficient (Wildman–Crippen LogP) is 3.71. The quantitative estimate of drug-likeness (QED) is 0.548. The second kappa shape index (κ2) is 6.61. The van der Waals surface area contributed by atoms with Gasteiger partial charge in [-0.3, -0.25) is 9.63 Å². The summed E-state index contributed by atoms with van der Waals surface area (Å²) in [5.41, 5.74) is 3.21. The molecule has 4 aromatic rings. The number of pyridine rings is 1. The lowest BCUT2D eigenvalue weighted by molar-refractivity contribution is -0.0772. The molecule has 0 spiro atoms. The highest BCUT2D eigenvalue weighted by Crippen LogP contribution is 2.23. The van der Waals surface area contributed by atoms with Gasteiger partial charge in [0, 0.05) is 17.9 Å². The number of aromatic nitrogens is 3. The Bertz CT molecular complexity index is 1160. The lowest BCUT2D eigenvalue weighted by Gasteiger charge is -2.11. The normalized spacial score (nSPS) is 14.1. The predicted molar refractivity (Wildman–Crippen MR) is 102 cm³/mol. The second-order valence-corrected chi connectivity index (χ2v) is 6.65. The summed E-state index contributed by atoms with van der Waals surface area (Å²) in [6, 6.07) is 16.0. The van der Waals surface area contributed by atoms with Gasteiger partial charge in [-0.25, -0.2) is 14.1 Å². The van der Waals surface area contributed by atoms with Crippen molar-refractivity contribution < 1.29 is 14.0 Å². The van der Waals surface area contributed by atoms with Crippen molar-refractivity contribution in [1.82, 2.24) is 19.2 Å². The van der Waals surface area contributed by atoms with Crippen LogP contribution in [0.15, 0.2) is 67.0 Å². The first-order valence-corrected chi connectivity index (χ1v) is 9.07. The van der Waals surface area contributed by atoms with Crippen LogP contribution in [0.5, 0.6) is 0 Å². The molecule has 1 aliphatic rings. The second-order valence-electron chi connectivity index (χ2n) is 6.65. The van der Waals surface area contributed by atoms with Crippen LogP contribution in [0, 0.1) is 5.82 Å². The Morgan fingerprint density at radius 3 is 2.57 bits per heavy atom. The Morgan fingerprint density at radius 2 is 1.79 bits per heavy atom. The number of carbonyl (C=O) groups excluding carboxylic acids is 1. The summed E-state index contributed by atoms with van der Waals surface area (Å²) in [7, 11) is 0. The van der Waals surface area contributed by atoms with Gasteiger partial charge < -0.3 is 4.40 Å². The Morgan fingerprint density at radius 1 is 1.00 bits per heavy atom. The summed E-state index contributed by atoms with van der Waals surface area (Å²) in [4.78, 5) is 17.8. The lowest BCUT2D eigenvalue weighted by atomic mass is 10.1. The molecule has 6 nitrogen and oxygen atoms in total. The van der Waals surface area contributed by atoms with E-state index < -0.39 is 0 Å². The zero-order chi connectivity index (χ0) is 19.1. The fraction of sp³-hybridized carbons (Fsp3) is 0.143. The third kappa shape index (κ3) is 2.86. The molecule has 5 rings (SSSR count). The smallest absolute Gasteiger partial charge is 0.297 e. The number of amides is 1. The van der Waals surface area contributed by atoms with E-state index in [0.717, 1.165) is 28.9 Å². The van der Waals surface area contributed by atoms with Crippen molar-refractivity contribution in [1.29, 1.82) is 0 Å². The Balaban J connectivity index is 1.51. The molecule has 3 aromatic heterocycles. The molecule has 7 heteroatoms. The Kier molecular flexibility index (Phi) is 3.95. The minimum absolute atomic E-state index is 0.232. The summed E-state index contributed by atoms with van der Waals surface area (Å²) >= 11 is 0. The third-order valence-corrected chi connectivity index (χ3v) is 4.83. The summed E-state index contributed by atoms with van der Waals surface area (Å²) < 4.78 is 16.9. The van der Waals surface area contributed by atoms with E-state index in [-0.39, 0.29) is 11.7 Å². The molecule has 0 aliphatic carbocycles. The number of hydroxylamine groups is 2. The molecule has 0 unspecified atom stereocenters. The highest BCUT2D eigenvalue weighted by Gasteiger charge is 2.23. The summed E-state index contributed by atoms with van der Waals surface area (Å²) in [6.07, 6.45) is 4.57. The van der Waals surface area contributed by atoms with E-state index in [1.165, 1.54) is 17.2 Å². The maximum absolute atomic E-state index is 13.2. The molecule has 1 saturated heterocycles. The van der Waals surface area contributed by atoms with Crippen LogP contribution in [0.2, 0.25) is 0 Å². The van der Waals surface area contributed by atoms with Crippen molar-refractivity contribution >= 4 is 11.4 Å². The van der Waals surface area contributed by atoms with Crippen LogP contribution in [0.25, 0.3) is 22.5 Å². The minimum Gasteiger partial charge on any atom is -0.301 e. The first-order valence-electron chi connectivity index (χ1n) is 9.07. The standard InChI is InChI=1S/C21H17FN4O2/c22-17-5-2-15(3-6-17)16-4-7-18-8-9-20(24(18)14-16)25-12-10-19(23-25)21(27)26-11-1-13-28-26/h2-10,12,14H,1,11,13H2. The van der Waals surface area contributed by atoms with Crippen molar-refractivity contribution in [2.24, 2.45) is 0 Å². The van der Waals surface area contributed by atoms with Crippen molar-refractivity contribution in [3.8, 4) is 16.9 Å². The first kappa shape index (κ1) is 16.7. The van der Waals surface area contributed by atoms with E-state index in [2.05, 4.69) is 5.10 Å². The largest absolute Gasteiger partial charge is 0.301 e. The average Bonchev–Trinajstić information content (AvgIpc) is 3.47. The number of halogens is 1. The Labute approximate surface area is 160 Å². The van der Waals surface area contributed by atoms with E-state index in [0.29, 0.717) is 18.8 Å². The molecule has 140 valence electrons. The van der Waals surface area contributed by atoms with E-state index in [1.54, 1.807) is 29.1 Å². The van der Waals surface area contributed by atoms with Gasteiger partial charge in [0.25, 0.3) is 5.91 Å². The van der Waals surface area contributed by atoms with Gasteiger partial charge in [0.05, 0.1) is 13.2 Å². The first-order chi connectivity index (χ1) is 13.7. The van der Waals surface area contributed by atoms with Crippen LogP contribution in [0.1, 0.15) is 16.9 Å². The average molecular weight is 376 g/mol. The van der Waals surface area contributed by atoms with Crippen molar-refractivity contribution in [2.45, 2.75) is 6.42 Å². The van der Waals surface area contributed by atoms with E-state index in [4.69, 9.17) is 4.84 Å². The van der Waals surface area contributed by atoms with Crippen molar-refractivity contribution in [2.75, 3.05) is 13.2 Å². The van der Waals surface area contributed by atoms with Gasteiger partial charge in [-0.1, -0.05) is 18.2 Å². The fourth-order valence-corrected chi connectivity index (χ4v) is 3.39. The topological polar surface area (TPSA) is 51.8 Å². The summed E-state index contributed by atoms with van der Waals surface area (Å²) in [6.45, 7) is 1.14. The van der Waals surface area contributed by atoms with Gasteiger partial charge >= 0.3 is 0 Å². The van der Waals surface area contributed by atoms with Crippen molar-refractivity contribution in [3.63, 3.8) is 0 Å². The number of fused-ring (bicyclic) bond motifs is 1. The summed E-state index contributed by atoms with van der Waals surface area (Å²) in [5, 5.41) is 5.79. The van der Waals surface area contributed by atoms with Crippen LogP contribution in [0.4, 0.5) is 4.39 Å². The number of nitrogens with zero attached hydrogens (tertiary/aromatic N) is 4. The maximum Gasteiger partial charge on any atom is 0.297 e. The maximum atomic E-state index is 13.2. The van der Waals surface area contributed by atoms with E-state index in [9.17, 15) is 9.18 Å². The molecule has 1 amide bonds. The van der Waals surface area contributed by atoms with Gasteiger partial charge in [0.15, 0.2) is 5.69 Å². The van der Waals surface area contributed by atoms with E-state index >= 15 is 0 Å². The van der Waals surface area contributed by atoms with Crippen LogP contribution >= 0.6 is 0 Å². The zero-order valence-electron chi connectivity index (χ0n) is 15.0. The lowest BCUT2D eigenvalue weighted by Crippen LogP contribution is -2.27. The molecule has 0 N–H and O–H groups in total. The third-order valence-electron chi connectivity index (χ3n) is 4.83. The highest BCUT2D eigenvalue weighted by molar-refractivity contribution is 5.91. The van der Waals surface area contributed by atoms with Gasteiger partial charge in [0.1, 0.15) is 11.6 Å². The van der Waals surface area contributed by atoms with Crippen LogP contribution in [-0.4, -0.2) is 38.3 Å². The zero-order valence-corrected chi connectivity index (χ0v) is 15.0. The van der Waals surface area contributed by atoms with Crippen LogP contribution in [-0.2, 0) is 4.84 Å². The van der Waals surface area contributed by atoms with Crippen molar-refractivity contribution in [3.05, 3.63) is 78.5 Å². The molecule has 0 radical (unpaired) electrons. The Hall–Kier alpha value is -3.45. The number of carbonyl (C=O) groups is 1.